The van der Waals surface area contributed by atoms with Crippen LogP contribution in [0, 0.1) is 12.8 Å². The number of aryl methyl sites for hydroxylation is 1. The SMILES string of the molecule is Cc1sc(NC2CC2C)nc1C(=O)O. The van der Waals surface area contributed by atoms with Crippen molar-refractivity contribution in [2.45, 2.75) is 26.3 Å². The molecule has 1 saturated carbocycles. The Kier molecular flexibility index (Phi) is 2.19. The Morgan fingerprint density at radius 1 is 1.71 bits per heavy atom. The number of aromatic nitrogens is 1. The van der Waals surface area contributed by atoms with Gasteiger partial charge in [0.15, 0.2) is 10.8 Å². The number of rotatable bonds is 3. The first kappa shape index (κ1) is 9.45. The van der Waals surface area contributed by atoms with Crippen molar-refractivity contribution in [2.75, 3.05) is 5.32 Å². The quantitative estimate of drug-likeness (QED) is 0.804. The van der Waals surface area contributed by atoms with Crippen molar-refractivity contribution < 1.29 is 9.90 Å². The van der Waals surface area contributed by atoms with Crippen molar-refractivity contribution in [3.05, 3.63) is 10.6 Å². The summed E-state index contributed by atoms with van der Waals surface area (Å²) in [7, 11) is 0. The number of anilines is 1. The minimum Gasteiger partial charge on any atom is -0.476 e. The van der Waals surface area contributed by atoms with E-state index in [0.29, 0.717) is 12.0 Å². The minimum absolute atomic E-state index is 0.172. The fourth-order valence-corrected chi connectivity index (χ4v) is 2.21. The number of carboxylic acid groups (broad SMARTS) is 1. The molecular weight excluding hydrogens is 200 g/mol. The van der Waals surface area contributed by atoms with Crippen LogP contribution in [0.4, 0.5) is 5.13 Å². The highest BCUT2D eigenvalue weighted by Crippen LogP contribution is 2.34. The summed E-state index contributed by atoms with van der Waals surface area (Å²) in [6, 6.07) is 0.488. The average molecular weight is 212 g/mol. The second-order valence-corrected chi connectivity index (χ2v) is 4.90. The Balaban J connectivity index is 2.12. The van der Waals surface area contributed by atoms with Gasteiger partial charge in [-0.05, 0) is 19.3 Å². The molecule has 14 heavy (non-hydrogen) atoms. The van der Waals surface area contributed by atoms with Crippen molar-refractivity contribution in [1.29, 1.82) is 0 Å². The van der Waals surface area contributed by atoms with Crippen LogP contribution in [0.3, 0.4) is 0 Å². The van der Waals surface area contributed by atoms with Crippen LogP contribution in [-0.2, 0) is 0 Å². The van der Waals surface area contributed by atoms with E-state index in [1.54, 1.807) is 6.92 Å². The number of nitrogens with one attached hydrogen (secondary N) is 1. The highest BCUT2D eigenvalue weighted by molar-refractivity contribution is 7.15. The van der Waals surface area contributed by atoms with Gasteiger partial charge >= 0.3 is 5.97 Å². The number of nitrogens with zero attached hydrogens (tertiary/aromatic N) is 1. The molecule has 2 N–H and O–H groups in total. The first-order valence-electron chi connectivity index (χ1n) is 4.55. The van der Waals surface area contributed by atoms with Crippen LogP contribution in [0.15, 0.2) is 0 Å². The van der Waals surface area contributed by atoms with Gasteiger partial charge < -0.3 is 10.4 Å². The monoisotopic (exact) mass is 212 g/mol. The van der Waals surface area contributed by atoms with E-state index in [9.17, 15) is 4.79 Å². The molecule has 5 heteroatoms. The van der Waals surface area contributed by atoms with Gasteiger partial charge in [-0.2, -0.15) is 0 Å². The molecule has 0 bridgehead atoms. The number of carbonyl (C=O) groups is 1. The lowest BCUT2D eigenvalue weighted by atomic mass is 10.4. The second kappa shape index (κ2) is 3.24. The molecule has 1 fully saturated rings. The minimum atomic E-state index is -0.948. The van der Waals surface area contributed by atoms with Crippen molar-refractivity contribution in [1.82, 2.24) is 4.98 Å². The maximum absolute atomic E-state index is 10.7. The van der Waals surface area contributed by atoms with E-state index >= 15 is 0 Å². The summed E-state index contributed by atoms with van der Waals surface area (Å²) >= 11 is 1.41. The van der Waals surface area contributed by atoms with Gasteiger partial charge in [0.05, 0.1) is 0 Å². The third-order valence-electron chi connectivity index (χ3n) is 2.42. The van der Waals surface area contributed by atoms with E-state index in [1.807, 2.05) is 0 Å². The van der Waals surface area contributed by atoms with Crippen LogP contribution in [0.1, 0.15) is 28.7 Å². The van der Waals surface area contributed by atoms with E-state index < -0.39 is 5.97 Å². The molecule has 2 atom stereocenters. The van der Waals surface area contributed by atoms with Gasteiger partial charge in [0.25, 0.3) is 0 Å². The summed E-state index contributed by atoms with van der Waals surface area (Å²) in [6.45, 7) is 3.94. The van der Waals surface area contributed by atoms with Crippen LogP contribution in [0.5, 0.6) is 0 Å². The number of aromatic carboxylic acids is 1. The first-order chi connectivity index (χ1) is 6.58. The van der Waals surface area contributed by atoms with Crippen LogP contribution in [0.25, 0.3) is 0 Å². The van der Waals surface area contributed by atoms with E-state index in [0.717, 1.165) is 16.4 Å². The van der Waals surface area contributed by atoms with Crippen LogP contribution < -0.4 is 5.32 Å². The second-order valence-electron chi connectivity index (χ2n) is 3.69. The number of hydrogen-bond donors (Lipinski definition) is 2. The fourth-order valence-electron chi connectivity index (χ4n) is 1.34. The molecule has 2 unspecified atom stereocenters. The molecule has 0 aromatic carbocycles. The van der Waals surface area contributed by atoms with Crippen molar-refractivity contribution in [3.8, 4) is 0 Å². The highest BCUT2D eigenvalue weighted by atomic mass is 32.1. The topological polar surface area (TPSA) is 62.2 Å². The molecule has 0 amide bonds. The fraction of sp³-hybridized carbons (Fsp3) is 0.556. The smallest absolute Gasteiger partial charge is 0.355 e. The Hall–Kier alpha value is -1.10. The zero-order chi connectivity index (χ0) is 10.3. The molecule has 0 saturated heterocycles. The zero-order valence-corrected chi connectivity index (χ0v) is 8.89. The molecule has 1 aliphatic carbocycles. The first-order valence-corrected chi connectivity index (χ1v) is 5.37. The molecular formula is C9H12N2O2S. The Morgan fingerprint density at radius 3 is 2.79 bits per heavy atom. The molecule has 4 nitrogen and oxygen atoms in total. The van der Waals surface area contributed by atoms with Gasteiger partial charge in [0.2, 0.25) is 0 Å². The maximum Gasteiger partial charge on any atom is 0.355 e. The summed E-state index contributed by atoms with van der Waals surface area (Å²) in [5, 5.41) is 12.8. The third-order valence-corrected chi connectivity index (χ3v) is 3.32. The van der Waals surface area contributed by atoms with Gasteiger partial charge in [0, 0.05) is 10.9 Å². The predicted molar refractivity (Wildman–Crippen MR) is 55.0 cm³/mol. The summed E-state index contributed by atoms with van der Waals surface area (Å²) in [4.78, 5) is 15.5. The van der Waals surface area contributed by atoms with Gasteiger partial charge in [-0.15, -0.1) is 11.3 Å². The van der Waals surface area contributed by atoms with E-state index in [2.05, 4.69) is 17.2 Å². The van der Waals surface area contributed by atoms with Gasteiger partial charge in [0.1, 0.15) is 0 Å². The standard InChI is InChI=1S/C9H12N2O2S/c1-4-3-6(4)10-9-11-7(8(12)13)5(2)14-9/h4,6H,3H2,1-2H3,(H,10,11)(H,12,13). The highest BCUT2D eigenvalue weighted by Gasteiger charge is 2.33. The van der Waals surface area contributed by atoms with Crippen molar-refractivity contribution >= 4 is 22.4 Å². The molecule has 0 spiro atoms. The molecule has 0 radical (unpaired) electrons. The molecule has 0 aliphatic heterocycles. The number of thiazole rings is 1. The van der Waals surface area contributed by atoms with Crippen molar-refractivity contribution in [3.63, 3.8) is 0 Å². The van der Waals surface area contributed by atoms with E-state index in [-0.39, 0.29) is 5.69 Å². The molecule has 1 aliphatic rings. The van der Waals surface area contributed by atoms with Gasteiger partial charge in [-0.1, -0.05) is 6.92 Å². The van der Waals surface area contributed by atoms with E-state index in [1.165, 1.54) is 11.3 Å². The van der Waals surface area contributed by atoms with E-state index in [4.69, 9.17) is 5.11 Å². The Morgan fingerprint density at radius 2 is 2.36 bits per heavy atom. The Bertz CT molecular complexity index is 375. The zero-order valence-electron chi connectivity index (χ0n) is 8.07. The summed E-state index contributed by atoms with van der Waals surface area (Å²) < 4.78 is 0. The number of carboxylic acids is 1. The maximum atomic E-state index is 10.7. The average Bonchev–Trinajstić information content (AvgIpc) is 2.60. The molecule has 76 valence electrons. The lowest BCUT2D eigenvalue weighted by Crippen LogP contribution is -2.04. The van der Waals surface area contributed by atoms with Crippen LogP contribution in [0.2, 0.25) is 0 Å². The van der Waals surface area contributed by atoms with Crippen LogP contribution in [-0.4, -0.2) is 22.1 Å². The largest absolute Gasteiger partial charge is 0.476 e. The predicted octanol–water partition coefficient (Wildman–Crippen LogP) is 1.97. The van der Waals surface area contributed by atoms with Crippen LogP contribution >= 0.6 is 11.3 Å². The summed E-state index contributed by atoms with van der Waals surface area (Å²) in [6.07, 6.45) is 1.15. The molecule has 1 aromatic rings. The molecule has 1 heterocycles. The van der Waals surface area contributed by atoms with Gasteiger partial charge in [-0.25, -0.2) is 9.78 Å². The van der Waals surface area contributed by atoms with Crippen molar-refractivity contribution in [2.24, 2.45) is 5.92 Å². The lowest BCUT2D eigenvalue weighted by molar-refractivity contribution is 0.0690. The normalized spacial score (nSPS) is 24.7. The summed E-state index contributed by atoms with van der Waals surface area (Å²) in [5.74, 6) is -0.261. The van der Waals surface area contributed by atoms with Gasteiger partial charge in [-0.3, -0.25) is 0 Å². The third kappa shape index (κ3) is 1.72. The molecule has 1 aromatic heterocycles. The lowest BCUT2D eigenvalue weighted by Gasteiger charge is -1.97. The molecule has 2 rings (SSSR count). The summed E-state index contributed by atoms with van der Waals surface area (Å²) in [5.41, 5.74) is 0.172. The number of hydrogen-bond acceptors (Lipinski definition) is 4. The Labute approximate surface area is 86.0 Å².